The number of allylic oxidation sites excluding steroid dienone is 2. The summed E-state index contributed by atoms with van der Waals surface area (Å²) in [6.07, 6.45) is 5.69. The van der Waals surface area contributed by atoms with Crippen LogP contribution < -0.4 is 0 Å². The molecule has 15 heavy (non-hydrogen) atoms. The number of nitrogens with zero attached hydrogens (tertiary/aromatic N) is 1. The van der Waals surface area contributed by atoms with E-state index >= 15 is 0 Å². The average Bonchev–Trinajstić information content (AvgIpc) is 2.96. The Bertz CT molecular complexity index is 336. The Balaban J connectivity index is 2.16. The standard InChI is InChI=1S/C13H19NO/c1-4-14(5-2)13(15)12-8-11-7-10(11)6-9(12)3/h6,8,10-11H,4-5,7H2,1-3H3. The van der Waals surface area contributed by atoms with E-state index < -0.39 is 0 Å². The van der Waals surface area contributed by atoms with Gasteiger partial charge in [0.2, 0.25) is 0 Å². The molecule has 0 spiro atoms. The molecule has 0 saturated heterocycles. The smallest absolute Gasteiger partial charge is 0.253 e. The van der Waals surface area contributed by atoms with E-state index in [4.69, 9.17) is 0 Å². The third-order valence-corrected chi connectivity index (χ3v) is 3.44. The Labute approximate surface area is 91.6 Å². The van der Waals surface area contributed by atoms with E-state index in [-0.39, 0.29) is 5.91 Å². The van der Waals surface area contributed by atoms with Crippen molar-refractivity contribution in [2.45, 2.75) is 27.2 Å². The lowest BCUT2D eigenvalue weighted by Crippen LogP contribution is -2.32. The predicted molar refractivity (Wildman–Crippen MR) is 61.4 cm³/mol. The van der Waals surface area contributed by atoms with Crippen molar-refractivity contribution in [3.05, 3.63) is 23.3 Å². The molecule has 1 fully saturated rings. The number of fused-ring (bicyclic) bond motifs is 1. The zero-order valence-electron chi connectivity index (χ0n) is 9.79. The largest absolute Gasteiger partial charge is 0.339 e. The fraction of sp³-hybridized carbons (Fsp3) is 0.615. The molecule has 0 aromatic carbocycles. The highest BCUT2D eigenvalue weighted by molar-refractivity contribution is 5.98. The fourth-order valence-electron chi connectivity index (χ4n) is 2.30. The maximum Gasteiger partial charge on any atom is 0.253 e. The molecule has 1 saturated carbocycles. The van der Waals surface area contributed by atoms with Crippen molar-refractivity contribution in [3.8, 4) is 0 Å². The number of hydrogen-bond donors (Lipinski definition) is 0. The number of hydrogen-bond acceptors (Lipinski definition) is 1. The van der Waals surface area contributed by atoms with Gasteiger partial charge in [0.05, 0.1) is 0 Å². The second kappa shape index (κ2) is 3.84. The molecule has 2 aliphatic rings. The quantitative estimate of drug-likeness (QED) is 0.692. The van der Waals surface area contributed by atoms with Gasteiger partial charge in [-0.25, -0.2) is 0 Å². The number of carbonyl (C=O) groups is 1. The minimum atomic E-state index is 0.208. The highest BCUT2D eigenvalue weighted by Gasteiger charge is 2.38. The molecule has 0 N–H and O–H groups in total. The Hall–Kier alpha value is -1.05. The second-order valence-corrected chi connectivity index (χ2v) is 4.47. The second-order valence-electron chi connectivity index (χ2n) is 4.47. The van der Waals surface area contributed by atoms with Crippen molar-refractivity contribution < 1.29 is 4.79 Å². The van der Waals surface area contributed by atoms with Gasteiger partial charge in [-0.2, -0.15) is 0 Å². The number of likely N-dealkylation sites (N-methyl/N-ethyl adjacent to an activating group) is 1. The van der Waals surface area contributed by atoms with Crippen LogP contribution in [0.4, 0.5) is 0 Å². The minimum Gasteiger partial charge on any atom is -0.339 e. The Morgan fingerprint density at radius 2 is 1.93 bits per heavy atom. The van der Waals surface area contributed by atoms with Crippen molar-refractivity contribution in [2.75, 3.05) is 13.1 Å². The van der Waals surface area contributed by atoms with Gasteiger partial charge in [-0.05, 0) is 44.6 Å². The molecule has 2 atom stereocenters. The van der Waals surface area contributed by atoms with Crippen LogP contribution in [0.5, 0.6) is 0 Å². The Kier molecular flexibility index (Phi) is 2.68. The monoisotopic (exact) mass is 205 g/mol. The van der Waals surface area contributed by atoms with Crippen LogP contribution in [-0.2, 0) is 4.79 Å². The molecule has 0 bridgehead atoms. The van der Waals surface area contributed by atoms with Gasteiger partial charge in [-0.15, -0.1) is 0 Å². The van der Waals surface area contributed by atoms with Crippen molar-refractivity contribution in [1.29, 1.82) is 0 Å². The Morgan fingerprint density at radius 3 is 2.53 bits per heavy atom. The molecular weight excluding hydrogens is 186 g/mol. The Morgan fingerprint density at radius 1 is 1.33 bits per heavy atom. The summed E-state index contributed by atoms with van der Waals surface area (Å²) < 4.78 is 0. The summed E-state index contributed by atoms with van der Waals surface area (Å²) in [6, 6.07) is 0. The normalized spacial score (nSPS) is 27.7. The van der Waals surface area contributed by atoms with Crippen LogP contribution in [0, 0.1) is 11.8 Å². The molecule has 82 valence electrons. The van der Waals surface area contributed by atoms with Crippen molar-refractivity contribution >= 4 is 5.91 Å². The van der Waals surface area contributed by atoms with E-state index in [1.807, 2.05) is 18.7 Å². The van der Waals surface area contributed by atoms with Gasteiger partial charge in [0.25, 0.3) is 5.91 Å². The zero-order valence-corrected chi connectivity index (χ0v) is 9.79. The number of rotatable bonds is 3. The van der Waals surface area contributed by atoms with Gasteiger partial charge in [-0.1, -0.05) is 12.2 Å². The van der Waals surface area contributed by atoms with Gasteiger partial charge < -0.3 is 4.90 Å². The van der Waals surface area contributed by atoms with Crippen LogP contribution in [0.25, 0.3) is 0 Å². The van der Waals surface area contributed by atoms with Crippen molar-refractivity contribution in [1.82, 2.24) is 4.90 Å². The van der Waals surface area contributed by atoms with Crippen LogP contribution in [0.1, 0.15) is 27.2 Å². The van der Waals surface area contributed by atoms with E-state index in [0.29, 0.717) is 5.92 Å². The van der Waals surface area contributed by atoms with Gasteiger partial charge >= 0.3 is 0 Å². The fourth-order valence-corrected chi connectivity index (χ4v) is 2.30. The maximum atomic E-state index is 12.2. The highest BCUT2D eigenvalue weighted by atomic mass is 16.2. The van der Waals surface area contributed by atoms with Crippen LogP contribution in [0.2, 0.25) is 0 Å². The van der Waals surface area contributed by atoms with Crippen molar-refractivity contribution in [2.24, 2.45) is 11.8 Å². The first-order chi connectivity index (χ1) is 7.17. The molecule has 0 aliphatic heterocycles. The summed E-state index contributed by atoms with van der Waals surface area (Å²) in [4.78, 5) is 14.0. The molecule has 2 heteroatoms. The molecule has 2 aliphatic carbocycles. The number of amides is 1. The SMILES string of the molecule is CCN(CC)C(=O)C1=CC2CC2C=C1C. The first-order valence-electron chi connectivity index (χ1n) is 5.87. The van der Waals surface area contributed by atoms with Crippen LogP contribution in [-0.4, -0.2) is 23.9 Å². The molecule has 2 unspecified atom stereocenters. The lowest BCUT2D eigenvalue weighted by Gasteiger charge is -2.22. The predicted octanol–water partition coefficient (Wildman–Crippen LogP) is 2.38. The molecule has 2 nitrogen and oxygen atoms in total. The molecule has 0 radical (unpaired) electrons. The molecule has 2 rings (SSSR count). The van der Waals surface area contributed by atoms with E-state index in [1.165, 1.54) is 12.0 Å². The highest BCUT2D eigenvalue weighted by Crippen LogP contribution is 2.46. The van der Waals surface area contributed by atoms with Gasteiger partial charge in [-0.3, -0.25) is 4.79 Å². The van der Waals surface area contributed by atoms with E-state index in [1.54, 1.807) is 0 Å². The first kappa shape index (κ1) is 10.5. The summed E-state index contributed by atoms with van der Waals surface area (Å²) >= 11 is 0. The molecule has 0 aromatic rings. The zero-order chi connectivity index (χ0) is 11.0. The molecule has 0 heterocycles. The first-order valence-corrected chi connectivity index (χ1v) is 5.87. The summed E-state index contributed by atoms with van der Waals surface area (Å²) in [5.41, 5.74) is 2.11. The van der Waals surface area contributed by atoms with E-state index in [9.17, 15) is 4.79 Å². The van der Waals surface area contributed by atoms with Crippen LogP contribution in [0.3, 0.4) is 0 Å². The van der Waals surface area contributed by atoms with Crippen molar-refractivity contribution in [3.63, 3.8) is 0 Å². The third-order valence-electron chi connectivity index (χ3n) is 3.44. The summed E-state index contributed by atoms with van der Waals surface area (Å²) in [5, 5.41) is 0. The topological polar surface area (TPSA) is 20.3 Å². The molecular formula is C13H19NO. The number of carbonyl (C=O) groups excluding carboxylic acids is 1. The van der Waals surface area contributed by atoms with Gasteiger partial charge in [0.15, 0.2) is 0 Å². The molecule has 0 aromatic heterocycles. The minimum absolute atomic E-state index is 0.208. The third kappa shape index (κ3) is 1.85. The van der Waals surface area contributed by atoms with E-state index in [2.05, 4.69) is 19.1 Å². The molecule has 1 amide bonds. The summed E-state index contributed by atoms with van der Waals surface area (Å²) in [7, 11) is 0. The summed E-state index contributed by atoms with van der Waals surface area (Å²) in [5.74, 6) is 1.60. The van der Waals surface area contributed by atoms with Crippen LogP contribution >= 0.6 is 0 Å². The summed E-state index contributed by atoms with van der Waals surface area (Å²) in [6.45, 7) is 7.72. The van der Waals surface area contributed by atoms with Gasteiger partial charge in [0.1, 0.15) is 0 Å². The maximum absolute atomic E-state index is 12.2. The van der Waals surface area contributed by atoms with E-state index in [0.717, 1.165) is 24.6 Å². The lowest BCUT2D eigenvalue weighted by molar-refractivity contribution is -0.126. The van der Waals surface area contributed by atoms with Gasteiger partial charge in [0, 0.05) is 18.7 Å². The van der Waals surface area contributed by atoms with Crippen LogP contribution in [0.15, 0.2) is 23.3 Å². The average molecular weight is 205 g/mol. The lowest BCUT2D eigenvalue weighted by atomic mass is 9.98.